The molecule has 8 heteroatoms. The van der Waals surface area contributed by atoms with Crippen LogP contribution >= 0.6 is 0 Å². The van der Waals surface area contributed by atoms with Gasteiger partial charge in [-0.25, -0.2) is 0 Å². The number of ether oxygens (including phenoxy) is 1. The lowest BCUT2D eigenvalue weighted by Crippen LogP contribution is -2.26. The standard InChI is InChI=1S/C14H15F3N2O3/c15-14(16,17)8-12(20)18-9-3-5-10(6-4-9)19-13(21)11-2-1-7-22-11/h3-6,11H,1-2,7-8H2,(H,18,20)(H,19,21). The van der Waals surface area contributed by atoms with Crippen molar-refractivity contribution in [3.8, 4) is 0 Å². The second kappa shape index (κ2) is 6.78. The predicted molar refractivity (Wildman–Crippen MR) is 73.3 cm³/mol. The molecule has 1 atom stereocenters. The number of amides is 2. The summed E-state index contributed by atoms with van der Waals surface area (Å²) in [7, 11) is 0. The van der Waals surface area contributed by atoms with Crippen LogP contribution in [-0.4, -0.2) is 30.7 Å². The van der Waals surface area contributed by atoms with Gasteiger partial charge in [-0.3, -0.25) is 9.59 Å². The highest BCUT2D eigenvalue weighted by atomic mass is 19.4. The van der Waals surface area contributed by atoms with Gasteiger partial charge in [0.25, 0.3) is 5.91 Å². The Bertz CT molecular complexity index is 537. The molecular formula is C14H15F3N2O3. The highest BCUT2D eigenvalue weighted by Crippen LogP contribution is 2.21. The Balaban J connectivity index is 1.87. The molecule has 0 bridgehead atoms. The average molecular weight is 316 g/mol. The first-order valence-corrected chi connectivity index (χ1v) is 6.72. The summed E-state index contributed by atoms with van der Waals surface area (Å²) in [4.78, 5) is 23.0. The molecular weight excluding hydrogens is 301 g/mol. The lowest BCUT2D eigenvalue weighted by Gasteiger charge is -2.11. The van der Waals surface area contributed by atoms with Crippen molar-refractivity contribution in [2.24, 2.45) is 0 Å². The molecule has 1 aliphatic rings. The zero-order chi connectivity index (χ0) is 16.2. The van der Waals surface area contributed by atoms with Crippen molar-refractivity contribution in [2.45, 2.75) is 31.5 Å². The second-order valence-corrected chi connectivity index (χ2v) is 4.91. The van der Waals surface area contributed by atoms with Crippen molar-refractivity contribution in [3.63, 3.8) is 0 Å². The Kier molecular flexibility index (Phi) is 5.02. The third-order valence-electron chi connectivity index (χ3n) is 3.02. The summed E-state index contributed by atoms with van der Waals surface area (Å²) < 4.78 is 41.4. The van der Waals surface area contributed by atoms with Gasteiger partial charge in [0.1, 0.15) is 12.5 Å². The van der Waals surface area contributed by atoms with Gasteiger partial charge in [-0.05, 0) is 37.1 Å². The van der Waals surface area contributed by atoms with Crippen LogP contribution in [0, 0.1) is 0 Å². The molecule has 1 saturated heterocycles. The summed E-state index contributed by atoms with van der Waals surface area (Å²) >= 11 is 0. The Hall–Kier alpha value is -2.09. The van der Waals surface area contributed by atoms with Crippen LogP contribution in [0.4, 0.5) is 24.5 Å². The maximum Gasteiger partial charge on any atom is 0.397 e. The minimum Gasteiger partial charge on any atom is -0.368 e. The normalized spacial score (nSPS) is 18.0. The molecule has 0 saturated carbocycles. The number of carbonyl (C=O) groups is 2. The summed E-state index contributed by atoms with van der Waals surface area (Å²) in [6.45, 7) is 0.558. The molecule has 0 spiro atoms. The number of hydrogen-bond donors (Lipinski definition) is 2. The quantitative estimate of drug-likeness (QED) is 0.897. The van der Waals surface area contributed by atoms with E-state index in [9.17, 15) is 22.8 Å². The van der Waals surface area contributed by atoms with Gasteiger partial charge in [-0.2, -0.15) is 13.2 Å². The maximum atomic E-state index is 12.0. The fourth-order valence-electron chi connectivity index (χ4n) is 2.03. The molecule has 0 aliphatic carbocycles. The van der Waals surface area contributed by atoms with Crippen molar-refractivity contribution >= 4 is 23.2 Å². The van der Waals surface area contributed by atoms with Gasteiger partial charge in [0.05, 0.1) is 0 Å². The monoisotopic (exact) mass is 316 g/mol. The van der Waals surface area contributed by atoms with Crippen LogP contribution < -0.4 is 10.6 Å². The summed E-state index contributed by atoms with van der Waals surface area (Å²) in [6, 6.07) is 5.82. The summed E-state index contributed by atoms with van der Waals surface area (Å²) in [5, 5.41) is 4.78. The van der Waals surface area contributed by atoms with Gasteiger partial charge in [0, 0.05) is 18.0 Å². The Morgan fingerprint density at radius 2 is 1.73 bits per heavy atom. The smallest absolute Gasteiger partial charge is 0.368 e. The summed E-state index contributed by atoms with van der Waals surface area (Å²) in [5.74, 6) is -1.39. The molecule has 1 aromatic rings. The fourth-order valence-corrected chi connectivity index (χ4v) is 2.03. The van der Waals surface area contributed by atoms with E-state index in [1.54, 1.807) is 0 Å². The molecule has 2 N–H and O–H groups in total. The number of alkyl halides is 3. The first kappa shape index (κ1) is 16.3. The van der Waals surface area contributed by atoms with Gasteiger partial charge >= 0.3 is 6.18 Å². The molecule has 22 heavy (non-hydrogen) atoms. The van der Waals surface area contributed by atoms with Crippen LogP contribution in [0.25, 0.3) is 0 Å². The van der Waals surface area contributed by atoms with Crippen LogP contribution in [-0.2, 0) is 14.3 Å². The van der Waals surface area contributed by atoms with E-state index < -0.39 is 24.6 Å². The van der Waals surface area contributed by atoms with E-state index in [2.05, 4.69) is 10.6 Å². The van der Waals surface area contributed by atoms with Crippen LogP contribution in [0.5, 0.6) is 0 Å². The van der Waals surface area contributed by atoms with E-state index >= 15 is 0 Å². The highest BCUT2D eigenvalue weighted by Gasteiger charge is 2.31. The Labute approximate surface area is 124 Å². The van der Waals surface area contributed by atoms with Crippen molar-refractivity contribution in [3.05, 3.63) is 24.3 Å². The first-order valence-electron chi connectivity index (χ1n) is 6.72. The fraction of sp³-hybridized carbons (Fsp3) is 0.429. The number of anilines is 2. The lowest BCUT2D eigenvalue weighted by atomic mass is 10.2. The summed E-state index contributed by atoms with van der Waals surface area (Å²) in [6.07, 6.45) is -5.05. The Morgan fingerprint density at radius 3 is 2.23 bits per heavy atom. The lowest BCUT2D eigenvalue weighted by molar-refractivity contribution is -0.150. The first-order chi connectivity index (χ1) is 10.3. The van der Waals surface area contributed by atoms with E-state index in [1.807, 2.05) is 0 Å². The van der Waals surface area contributed by atoms with Crippen LogP contribution in [0.15, 0.2) is 24.3 Å². The van der Waals surface area contributed by atoms with Crippen molar-refractivity contribution < 1.29 is 27.5 Å². The maximum absolute atomic E-state index is 12.0. The van der Waals surface area contributed by atoms with E-state index in [0.29, 0.717) is 18.7 Å². The van der Waals surface area contributed by atoms with Gasteiger partial charge in [0.2, 0.25) is 5.91 Å². The van der Waals surface area contributed by atoms with Gasteiger partial charge in [0.15, 0.2) is 0 Å². The van der Waals surface area contributed by atoms with Crippen molar-refractivity contribution in [2.75, 3.05) is 17.2 Å². The molecule has 1 unspecified atom stereocenters. The van der Waals surface area contributed by atoms with E-state index in [1.165, 1.54) is 24.3 Å². The largest absolute Gasteiger partial charge is 0.397 e. The molecule has 2 rings (SSSR count). The minimum absolute atomic E-state index is 0.226. The number of halogens is 3. The molecule has 0 aromatic heterocycles. The van der Waals surface area contributed by atoms with Crippen LogP contribution in [0.3, 0.4) is 0 Å². The highest BCUT2D eigenvalue weighted by molar-refractivity contribution is 5.95. The SMILES string of the molecule is O=C(CC(F)(F)F)Nc1ccc(NC(=O)C2CCCO2)cc1. The number of benzene rings is 1. The minimum atomic E-state index is -4.54. The van der Waals surface area contributed by atoms with Crippen molar-refractivity contribution in [1.82, 2.24) is 0 Å². The molecule has 1 fully saturated rings. The van der Waals surface area contributed by atoms with Gasteiger partial charge in [-0.1, -0.05) is 0 Å². The topological polar surface area (TPSA) is 67.4 Å². The molecule has 120 valence electrons. The summed E-state index contributed by atoms with van der Waals surface area (Å²) in [5.41, 5.74) is 0.707. The number of nitrogens with one attached hydrogen (secondary N) is 2. The van der Waals surface area contributed by atoms with Gasteiger partial charge < -0.3 is 15.4 Å². The molecule has 1 heterocycles. The van der Waals surface area contributed by atoms with Crippen molar-refractivity contribution in [1.29, 1.82) is 0 Å². The molecule has 2 amide bonds. The average Bonchev–Trinajstić information content (AvgIpc) is 2.92. The van der Waals surface area contributed by atoms with E-state index in [4.69, 9.17) is 4.74 Å². The van der Waals surface area contributed by atoms with Crippen LogP contribution in [0.1, 0.15) is 19.3 Å². The predicted octanol–water partition coefficient (Wildman–Crippen LogP) is 2.70. The van der Waals surface area contributed by atoms with Gasteiger partial charge in [-0.15, -0.1) is 0 Å². The number of hydrogen-bond acceptors (Lipinski definition) is 3. The third kappa shape index (κ3) is 5.03. The zero-order valence-electron chi connectivity index (χ0n) is 11.6. The van der Waals surface area contributed by atoms with E-state index in [0.717, 1.165) is 6.42 Å². The zero-order valence-corrected chi connectivity index (χ0v) is 11.6. The second-order valence-electron chi connectivity index (χ2n) is 4.91. The molecule has 5 nitrogen and oxygen atoms in total. The van der Waals surface area contributed by atoms with E-state index in [-0.39, 0.29) is 11.6 Å². The molecule has 1 aliphatic heterocycles. The third-order valence-corrected chi connectivity index (χ3v) is 3.02. The molecule has 1 aromatic carbocycles. The number of rotatable bonds is 4. The Morgan fingerprint density at radius 1 is 1.14 bits per heavy atom. The molecule has 0 radical (unpaired) electrons. The van der Waals surface area contributed by atoms with Crippen LogP contribution in [0.2, 0.25) is 0 Å². The number of carbonyl (C=O) groups excluding carboxylic acids is 2.